The van der Waals surface area contributed by atoms with Gasteiger partial charge < -0.3 is 5.32 Å². The largest absolute Gasteiger partial charge is 0.347 e. The SMILES string of the molecule is O=c1[nH]c2nc(N[C@H]3CCc4ccccc43)ncc2c(=O)n1Cc1ccccc1F. The van der Waals surface area contributed by atoms with Crippen LogP contribution in [0.5, 0.6) is 0 Å². The summed E-state index contributed by atoms with van der Waals surface area (Å²) in [5.74, 6) is -0.136. The topological polar surface area (TPSA) is 92.7 Å². The highest BCUT2D eigenvalue weighted by molar-refractivity contribution is 5.73. The van der Waals surface area contributed by atoms with E-state index in [1.807, 2.05) is 12.1 Å². The average molecular weight is 403 g/mol. The van der Waals surface area contributed by atoms with E-state index in [-0.39, 0.29) is 29.2 Å². The van der Waals surface area contributed by atoms with Gasteiger partial charge in [0, 0.05) is 11.8 Å². The molecular formula is C22H18FN5O2. The smallest absolute Gasteiger partial charge is 0.330 e. The van der Waals surface area contributed by atoms with Crippen LogP contribution in [0, 0.1) is 5.82 Å². The molecule has 1 aliphatic rings. The normalized spacial score (nSPS) is 15.3. The molecule has 2 aromatic carbocycles. The molecule has 1 aliphatic carbocycles. The summed E-state index contributed by atoms with van der Waals surface area (Å²) in [5.41, 5.74) is 1.69. The predicted octanol–water partition coefficient (Wildman–Crippen LogP) is 2.77. The predicted molar refractivity (Wildman–Crippen MR) is 111 cm³/mol. The van der Waals surface area contributed by atoms with Gasteiger partial charge in [0.25, 0.3) is 5.56 Å². The fourth-order valence-electron chi connectivity index (χ4n) is 3.91. The maximum absolute atomic E-state index is 13.9. The Balaban J connectivity index is 1.48. The molecule has 0 bridgehead atoms. The maximum Gasteiger partial charge on any atom is 0.330 e. The van der Waals surface area contributed by atoms with Crippen molar-refractivity contribution in [2.75, 3.05) is 5.32 Å². The summed E-state index contributed by atoms with van der Waals surface area (Å²) in [6.07, 6.45) is 3.28. The molecule has 0 saturated heterocycles. The van der Waals surface area contributed by atoms with Crippen LogP contribution in [-0.2, 0) is 13.0 Å². The first kappa shape index (κ1) is 18.2. The van der Waals surface area contributed by atoms with Crippen molar-refractivity contribution in [3.63, 3.8) is 0 Å². The van der Waals surface area contributed by atoms with Crippen LogP contribution < -0.4 is 16.6 Å². The number of hydrogen-bond acceptors (Lipinski definition) is 5. The van der Waals surface area contributed by atoms with E-state index in [0.29, 0.717) is 5.95 Å². The number of nitrogens with zero attached hydrogens (tertiary/aromatic N) is 3. The minimum absolute atomic E-state index is 0.0757. The van der Waals surface area contributed by atoms with E-state index >= 15 is 0 Å². The summed E-state index contributed by atoms with van der Waals surface area (Å²) in [5, 5.41) is 3.46. The minimum Gasteiger partial charge on any atom is -0.347 e. The number of hydrogen-bond donors (Lipinski definition) is 2. The molecule has 0 amide bonds. The zero-order valence-electron chi connectivity index (χ0n) is 15.9. The molecule has 150 valence electrons. The zero-order chi connectivity index (χ0) is 20.7. The van der Waals surface area contributed by atoms with Crippen molar-refractivity contribution in [1.29, 1.82) is 0 Å². The highest BCUT2D eigenvalue weighted by atomic mass is 19.1. The molecule has 0 unspecified atom stereocenters. The first-order valence-electron chi connectivity index (χ1n) is 9.68. The van der Waals surface area contributed by atoms with Crippen LogP contribution in [0.2, 0.25) is 0 Å². The Bertz CT molecular complexity index is 1380. The molecule has 0 spiro atoms. The lowest BCUT2D eigenvalue weighted by molar-refractivity contribution is 0.590. The molecule has 5 rings (SSSR count). The van der Waals surface area contributed by atoms with Crippen molar-refractivity contribution in [3.8, 4) is 0 Å². The molecule has 1 atom stereocenters. The van der Waals surface area contributed by atoms with Crippen LogP contribution in [0.3, 0.4) is 0 Å². The van der Waals surface area contributed by atoms with Gasteiger partial charge in [0.05, 0.1) is 12.6 Å². The van der Waals surface area contributed by atoms with Crippen molar-refractivity contribution in [1.82, 2.24) is 19.5 Å². The maximum atomic E-state index is 13.9. The van der Waals surface area contributed by atoms with E-state index in [4.69, 9.17) is 0 Å². The van der Waals surface area contributed by atoms with Crippen molar-refractivity contribution < 1.29 is 4.39 Å². The van der Waals surface area contributed by atoms with Gasteiger partial charge in [0.2, 0.25) is 5.95 Å². The number of rotatable bonds is 4. The second kappa shape index (κ2) is 7.22. The molecule has 0 aliphatic heterocycles. The third kappa shape index (κ3) is 3.16. The van der Waals surface area contributed by atoms with Crippen molar-refractivity contribution in [3.05, 3.63) is 98.1 Å². The van der Waals surface area contributed by atoms with Crippen molar-refractivity contribution in [2.24, 2.45) is 0 Å². The lowest BCUT2D eigenvalue weighted by atomic mass is 10.1. The van der Waals surface area contributed by atoms with Crippen LogP contribution in [0.1, 0.15) is 29.2 Å². The standard InChI is InChI=1S/C22H18FN5O2/c23-17-8-4-2-6-14(17)12-28-20(29)16-11-24-21(26-19(16)27-22(28)30)25-18-10-9-13-5-1-3-7-15(13)18/h1-8,11,18H,9-10,12H2,(H2,24,25,26,27,30)/t18-/m0/s1. The van der Waals surface area contributed by atoms with Crippen LogP contribution >= 0.6 is 0 Å². The number of anilines is 1. The van der Waals surface area contributed by atoms with Crippen LogP contribution in [-0.4, -0.2) is 19.5 Å². The Kier molecular flexibility index (Phi) is 4.39. The lowest BCUT2D eigenvalue weighted by Crippen LogP contribution is -2.36. The van der Waals surface area contributed by atoms with E-state index in [0.717, 1.165) is 17.4 Å². The van der Waals surface area contributed by atoms with Gasteiger partial charge in [-0.15, -0.1) is 0 Å². The first-order chi connectivity index (χ1) is 14.6. The van der Waals surface area contributed by atoms with Gasteiger partial charge in [-0.05, 0) is 30.0 Å². The first-order valence-corrected chi connectivity index (χ1v) is 9.68. The monoisotopic (exact) mass is 403 g/mol. The molecule has 2 aromatic heterocycles. The second-order valence-electron chi connectivity index (χ2n) is 7.30. The average Bonchev–Trinajstić information content (AvgIpc) is 3.15. The van der Waals surface area contributed by atoms with Crippen molar-refractivity contribution >= 4 is 17.0 Å². The molecule has 0 saturated carbocycles. The van der Waals surface area contributed by atoms with Crippen LogP contribution in [0.25, 0.3) is 11.0 Å². The Morgan fingerprint density at radius 3 is 2.80 bits per heavy atom. The Morgan fingerprint density at radius 2 is 1.93 bits per heavy atom. The lowest BCUT2D eigenvalue weighted by Gasteiger charge is -2.14. The molecular weight excluding hydrogens is 385 g/mol. The number of aromatic amines is 1. The zero-order valence-corrected chi connectivity index (χ0v) is 15.9. The van der Waals surface area contributed by atoms with E-state index < -0.39 is 17.1 Å². The molecule has 2 N–H and O–H groups in total. The Morgan fingerprint density at radius 1 is 1.13 bits per heavy atom. The molecule has 0 fully saturated rings. The molecule has 30 heavy (non-hydrogen) atoms. The summed E-state index contributed by atoms with van der Waals surface area (Å²) < 4.78 is 14.9. The molecule has 8 heteroatoms. The van der Waals surface area contributed by atoms with E-state index in [9.17, 15) is 14.0 Å². The highest BCUT2D eigenvalue weighted by Crippen LogP contribution is 2.32. The van der Waals surface area contributed by atoms with Gasteiger partial charge in [0.1, 0.15) is 11.2 Å². The number of aryl methyl sites for hydroxylation is 1. The van der Waals surface area contributed by atoms with E-state index in [1.54, 1.807) is 12.1 Å². The van der Waals surface area contributed by atoms with Gasteiger partial charge in [0.15, 0.2) is 5.65 Å². The van der Waals surface area contributed by atoms with Gasteiger partial charge in [-0.2, -0.15) is 4.98 Å². The number of aromatic nitrogens is 4. The van der Waals surface area contributed by atoms with Gasteiger partial charge in [-0.1, -0.05) is 42.5 Å². The molecule has 4 aromatic rings. The summed E-state index contributed by atoms with van der Waals surface area (Å²) in [6, 6.07) is 14.3. The third-order valence-electron chi connectivity index (χ3n) is 5.46. The highest BCUT2D eigenvalue weighted by Gasteiger charge is 2.22. The Labute approximate surface area is 170 Å². The molecule has 0 radical (unpaired) electrons. The number of nitrogens with one attached hydrogen (secondary N) is 2. The van der Waals surface area contributed by atoms with Gasteiger partial charge in [-0.3, -0.25) is 14.3 Å². The number of halogens is 1. The summed E-state index contributed by atoms with van der Waals surface area (Å²) in [4.78, 5) is 36.5. The molecule has 2 heterocycles. The van der Waals surface area contributed by atoms with E-state index in [2.05, 4.69) is 32.4 Å². The number of fused-ring (bicyclic) bond motifs is 2. The van der Waals surface area contributed by atoms with Crippen LogP contribution in [0.15, 0.2) is 64.3 Å². The van der Waals surface area contributed by atoms with E-state index in [1.165, 1.54) is 29.5 Å². The number of H-pyrrole nitrogens is 1. The van der Waals surface area contributed by atoms with Gasteiger partial charge >= 0.3 is 5.69 Å². The summed E-state index contributed by atoms with van der Waals surface area (Å²) >= 11 is 0. The third-order valence-corrected chi connectivity index (χ3v) is 5.46. The quantitative estimate of drug-likeness (QED) is 0.547. The van der Waals surface area contributed by atoms with Crippen molar-refractivity contribution in [2.45, 2.75) is 25.4 Å². The fourth-order valence-corrected chi connectivity index (χ4v) is 3.91. The second-order valence-corrected chi connectivity index (χ2v) is 7.30. The minimum atomic E-state index is -0.647. The van der Waals surface area contributed by atoms with Crippen LogP contribution in [0.4, 0.5) is 10.3 Å². The van der Waals surface area contributed by atoms with Gasteiger partial charge in [-0.25, -0.2) is 14.2 Å². The fraction of sp³-hybridized carbons (Fsp3) is 0.182. The molecule has 7 nitrogen and oxygen atoms in total. The summed E-state index contributed by atoms with van der Waals surface area (Å²) in [7, 11) is 0. The summed E-state index contributed by atoms with van der Waals surface area (Å²) in [6.45, 7) is -0.171. The Hall–Kier alpha value is -3.81. The number of benzene rings is 2.